The molecule has 0 saturated heterocycles. The average molecular weight is 171 g/mol. The van der Waals surface area contributed by atoms with Crippen molar-refractivity contribution in [2.75, 3.05) is 0 Å². The van der Waals surface area contributed by atoms with Gasteiger partial charge in [-0.05, 0) is 12.1 Å². The molecule has 1 aromatic carbocycles. The predicted octanol–water partition coefficient (Wildman–Crippen LogP) is 2.92. The van der Waals surface area contributed by atoms with Crippen molar-refractivity contribution < 1.29 is 4.42 Å². The van der Waals surface area contributed by atoms with E-state index in [1.807, 2.05) is 18.2 Å². The molecule has 2 heterocycles. The highest BCUT2D eigenvalue weighted by Crippen LogP contribution is 2.27. The smallest absolute Gasteiger partial charge is 0.159 e. The Kier molecular flexibility index (Phi) is 1.13. The minimum atomic E-state index is 0.984. The maximum Gasteiger partial charge on any atom is 0.159 e. The quantitative estimate of drug-likeness (QED) is 0.508. The molecule has 0 amide bonds. The molecule has 64 valence electrons. The van der Waals surface area contributed by atoms with Crippen LogP contribution in [0.2, 0.25) is 0 Å². The Morgan fingerprint density at radius 3 is 2.85 bits per heavy atom. The van der Waals surface area contributed by atoms with Crippen molar-refractivity contribution in [3.05, 3.63) is 36.6 Å². The normalized spacial score (nSPS) is 11.5. The number of hydrogen-bond acceptors (Lipinski definition) is 1. The van der Waals surface area contributed by atoms with E-state index in [-0.39, 0.29) is 0 Å². The van der Waals surface area contributed by atoms with Gasteiger partial charge in [0.15, 0.2) is 5.58 Å². The topological polar surface area (TPSA) is 18.1 Å². The van der Waals surface area contributed by atoms with E-state index in [2.05, 4.69) is 23.7 Å². The first-order chi connectivity index (χ1) is 6.38. The van der Waals surface area contributed by atoms with Crippen LogP contribution >= 0.6 is 0 Å². The second-order valence-corrected chi connectivity index (χ2v) is 3.21. The van der Waals surface area contributed by atoms with Crippen LogP contribution in [-0.4, -0.2) is 4.57 Å². The third-order valence-corrected chi connectivity index (χ3v) is 2.52. The zero-order chi connectivity index (χ0) is 8.84. The van der Waals surface area contributed by atoms with Crippen LogP contribution < -0.4 is 0 Å². The summed E-state index contributed by atoms with van der Waals surface area (Å²) < 4.78 is 7.58. The van der Waals surface area contributed by atoms with Gasteiger partial charge in [-0.15, -0.1) is 0 Å². The molecule has 0 unspecified atom stereocenters. The summed E-state index contributed by atoms with van der Waals surface area (Å²) >= 11 is 0. The number of nitrogens with zero attached hydrogens (tertiary/aromatic N) is 1. The molecule has 2 heteroatoms. The SMILES string of the molecule is Cn1c2ccccc2c2occc21. The predicted molar refractivity (Wildman–Crippen MR) is 52.7 cm³/mol. The first-order valence-electron chi connectivity index (χ1n) is 4.28. The third-order valence-electron chi connectivity index (χ3n) is 2.52. The van der Waals surface area contributed by atoms with Gasteiger partial charge in [0, 0.05) is 18.5 Å². The van der Waals surface area contributed by atoms with E-state index in [1.165, 1.54) is 10.9 Å². The molecule has 0 fully saturated rings. The second kappa shape index (κ2) is 2.16. The van der Waals surface area contributed by atoms with Crippen LogP contribution in [0.3, 0.4) is 0 Å². The molecule has 0 bridgehead atoms. The summed E-state index contributed by atoms with van der Waals surface area (Å²) in [5.41, 5.74) is 3.36. The molecule has 3 aromatic rings. The number of fused-ring (bicyclic) bond motifs is 3. The van der Waals surface area contributed by atoms with Crippen molar-refractivity contribution in [2.24, 2.45) is 7.05 Å². The summed E-state index contributed by atoms with van der Waals surface area (Å²) in [5.74, 6) is 0. The monoisotopic (exact) mass is 171 g/mol. The first-order valence-corrected chi connectivity index (χ1v) is 4.28. The fourth-order valence-electron chi connectivity index (χ4n) is 1.86. The number of benzene rings is 1. The molecule has 2 nitrogen and oxygen atoms in total. The fourth-order valence-corrected chi connectivity index (χ4v) is 1.86. The summed E-state index contributed by atoms with van der Waals surface area (Å²) in [7, 11) is 2.06. The Labute approximate surface area is 75.4 Å². The van der Waals surface area contributed by atoms with Crippen molar-refractivity contribution in [2.45, 2.75) is 0 Å². The lowest BCUT2D eigenvalue weighted by Crippen LogP contribution is -1.83. The first kappa shape index (κ1) is 6.78. The highest BCUT2D eigenvalue weighted by Gasteiger charge is 2.08. The Hall–Kier alpha value is -1.70. The molecule has 0 aliphatic rings. The van der Waals surface area contributed by atoms with Crippen molar-refractivity contribution in [1.29, 1.82) is 0 Å². The third kappa shape index (κ3) is 0.724. The van der Waals surface area contributed by atoms with Crippen LogP contribution in [-0.2, 0) is 7.05 Å². The summed E-state index contributed by atoms with van der Waals surface area (Å²) in [6, 6.07) is 10.3. The minimum absolute atomic E-state index is 0.984. The van der Waals surface area contributed by atoms with Gasteiger partial charge in [-0.1, -0.05) is 12.1 Å². The molecule has 0 N–H and O–H groups in total. The van der Waals surface area contributed by atoms with Crippen molar-refractivity contribution in [1.82, 2.24) is 4.57 Å². The van der Waals surface area contributed by atoms with Crippen LogP contribution in [0.4, 0.5) is 0 Å². The number of aryl methyl sites for hydroxylation is 1. The Morgan fingerprint density at radius 2 is 1.92 bits per heavy atom. The summed E-state index contributed by atoms with van der Waals surface area (Å²) in [6.45, 7) is 0. The van der Waals surface area contributed by atoms with Crippen molar-refractivity contribution >= 4 is 22.0 Å². The zero-order valence-electron chi connectivity index (χ0n) is 7.32. The highest BCUT2D eigenvalue weighted by molar-refractivity contribution is 6.04. The largest absolute Gasteiger partial charge is 0.462 e. The van der Waals surface area contributed by atoms with Crippen LogP contribution in [0.25, 0.3) is 22.0 Å². The lowest BCUT2D eigenvalue weighted by Gasteiger charge is -1.93. The van der Waals surface area contributed by atoms with Gasteiger partial charge < -0.3 is 8.98 Å². The van der Waals surface area contributed by atoms with E-state index in [0.29, 0.717) is 0 Å². The van der Waals surface area contributed by atoms with Gasteiger partial charge in [-0.3, -0.25) is 0 Å². The molecule has 3 rings (SSSR count). The summed E-state index contributed by atoms with van der Waals surface area (Å²) in [5, 5.41) is 1.19. The van der Waals surface area contributed by atoms with E-state index in [1.54, 1.807) is 6.26 Å². The molecule has 0 spiro atoms. The molecule has 0 aliphatic carbocycles. The van der Waals surface area contributed by atoms with Gasteiger partial charge in [-0.25, -0.2) is 0 Å². The molecule has 13 heavy (non-hydrogen) atoms. The van der Waals surface area contributed by atoms with E-state index in [4.69, 9.17) is 4.42 Å². The molecule has 2 aromatic heterocycles. The maximum atomic E-state index is 5.43. The van der Waals surface area contributed by atoms with E-state index >= 15 is 0 Å². The second-order valence-electron chi connectivity index (χ2n) is 3.21. The van der Waals surface area contributed by atoms with Gasteiger partial charge in [0.2, 0.25) is 0 Å². The lowest BCUT2D eigenvalue weighted by molar-refractivity contribution is 0.619. The standard InChI is InChI=1S/C11H9NO/c1-12-9-5-3-2-4-8(9)11-10(12)6-7-13-11/h2-7H,1H3. The zero-order valence-corrected chi connectivity index (χ0v) is 7.32. The average Bonchev–Trinajstić information content (AvgIpc) is 2.72. The van der Waals surface area contributed by atoms with Gasteiger partial charge >= 0.3 is 0 Å². The van der Waals surface area contributed by atoms with E-state index in [9.17, 15) is 0 Å². The molecular weight excluding hydrogens is 162 g/mol. The van der Waals surface area contributed by atoms with Gasteiger partial charge in [0.05, 0.1) is 17.3 Å². The van der Waals surface area contributed by atoms with Crippen LogP contribution in [0.1, 0.15) is 0 Å². The fraction of sp³-hybridized carbons (Fsp3) is 0.0909. The summed E-state index contributed by atoms with van der Waals surface area (Å²) in [6.07, 6.45) is 1.73. The maximum absolute atomic E-state index is 5.43. The van der Waals surface area contributed by atoms with Crippen LogP contribution in [0.15, 0.2) is 41.0 Å². The highest BCUT2D eigenvalue weighted by atomic mass is 16.3. The van der Waals surface area contributed by atoms with E-state index in [0.717, 1.165) is 11.1 Å². The van der Waals surface area contributed by atoms with Gasteiger partial charge in [0.25, 0.3) is 0 Å². The Balaban J connectivity index is 2.72. The van der Waals surface area contributed by atoms with Gasteiger partial charge in [-0.2, -0.15) is 0 Å². The van der Waals surface area contributed by atoms with Crippen molar-refractivity contribution in [3.8, 4) is 0 Å². The van der Waals surface area contributed by atoms with Crippen molar-refractivity contribution in [3.63, 3.8) is 0 Å². The van der Waals surface area contributed by atoms with Crippen LogP contribution in [0, 0.1) is 0 Å². The molecule has 0 radical (unpaired) electrons. The Bertz CT molecular complexity index is 574. The number of aromatic nitrogens is 1. The lowest BCUT2D eigenvalue weighted by atomic mass is 10.2. The molecule has 0 saturated carbocycles. The van der Waals surface area contributed by atoms with Crippen LogP contribution in [0.5, 0.6) is 0 Å². The number of rotatable bonds is 0. The van der Waals surface area contributed by atoms with Gasteiger partial charge in [0.1, 0.15) is 0 Å². The minimum Gasteiger partial charge on any atom is -0.462 e. The van der Waals surface area contributed by atoms with E-state index < -0.39 is 0 Å². The number of furan rings is 1. The molecular formula is C11H9NO. The molecule has 0 atom stereocenters. The number of para-hydroxylation sites is 1. The Morgan fingerprint density at radius 1 is 1.08 bits per heavy atom. The molecule has 0 aliphatic heterocycles. The summed E-state index contributed by atoms with van der Waals surface area (Å²) in [4.78, 5) is 0. The number of hydrogen-bond donors (Lipinski definition) is 0.